The topological polar surface area (TPSA) is 58.7 Å². The van der Waals surface area contributed by atoms with E-state index in [4.69, 9.17) is 5.73 Å². The van der Waals surface area contributed by atoms with Crippen molar-refractivity contribution in [1.82, 2.24) is 5.01 Å². The molecule has 0 unspecified atom stereocenters. The zero-order chi connectivity index (χ0) is 10.3. The fourth-order valence-corrected chi connectivity index (χ4v) is 0.747. The summed E-state index contributed by atoms with van der Waals surface area (Å²) in [6, 6.07) is -0.481. The van der Waals surface area contributed by atoms with E-state index in [1.807, 2.05) is 13.8 Å². The smallest absolute Gasteiger partial charge is 0.335 e. The average Bonchev–Trinajstić information content (AvgIpc) is 2.03. The predicted octanol–water partition coefficient (Wildman–Crippen LogP) is 1.81. The maximum atomic E-state index is 10.9. The number of primary amides is 1. The molecule has 0 fully saturated rings. The molecule has 0 saturated heterocycles. The number of unbranched alkanes of at least 4 members (excludes halogenated alkanes) is 1. The minimum Gasteiger partial charge on any atom is -0.350 e. The lowest BCUT2D eigenvalue weighted by Gasteiger charge is -2.13. The third-order valence-electron chi connectivity index (χ3n) is 1.48. The van der Waals surface area contributed by atoms with Crippen molar-refractivity contribution in [3.05, 3.63) is 0 Å². The molecule has 2 amide bonds. The molecule has 0 aliphatic rings. The van der Waals surface area contributed by atoms with Crippen LogP contribution >= 0.6 is 0 Å². The molecule has 0 atom stereocenters. The Hall–Kier alpha value is -1.06. The zero-order valence-corrected chi connectivity index (χ0v) is 8.66. The summed E-state index contributed by atoms with van der Waals surface area (Å²) in [5.41, 5.74) is 5.14. The molecule has 0 bridgehead atoms. The fourth-order valence-electron chi connectivity index (χ4n) is 0.747. The van der Waals surface area contributed by atoms with Crippen molar-refractivity contribution in [3.8, 4) is 0 Å². The van der Waals surface area contributed by atoms with Crippen molar-refractivity contribution in [2.45, 2.75) is 33.6 Å². The number of nitrogens with two attached hydrogens (primary N) is 1. The second kappa shape index (κ2) is 6.46. The van der Waals surface area contributed by atoms with E-state index in [-0.39, 0.29) is 0 Å². The number of nitrogens with zero attached hydrogens (tertiary/aromatic N) is 2. The van der Waals surface area contributed by atoms with Crippen LogP contribution in [0.5, 0.6) is 0 Å². The minimum absolute atomic E-state index is 0.337. The van der Waals surface area contributed by atoms with Gasteiger partial charge in [0.05, 0.1) is 0 Å². The summed E-state index contributed by atoms with van der Waals surface area (Å²) in [7, 11) is 0. The van der Waals surface area contributed by atoms with Gasteiger partial charge in [-0.15, -0.1) is 0 Å². The van der Waals surface area contributed by atoms with Gasteiger partial charge in [-0.25, -0.2) is 9.80 Å². The Bertz CT molecular complexity index is 178. The second-order valence-electron chi connectivity index (χ2n) is 3.32. The van der Waals surface area contributed by atoms with Crippen molar-refractivity contribution in [3.63, 3.8) is 0 Å². The van der Waals surface area contributed by atoms with E-state index in [9.17, 15) is 4.79 Å². The van der Waals surface area contributed by atoms with E-state index in [0.29, 0.717) is 12.5 Å². The fraction of sp³-hybridized carbons (Fsp3) is 0.778. The normalized spacial score (nSPS) is 11.1. The first-order valence-corrected chi connectivity index (χ1v) is 4.69. The molecule has 4 heteroatoms. The summed E-state index contributed by atoms with van der Waals surface area (Å²) in [6.07, 6.45) is 3.68. The second-order valence-corrected chi connectivity index (χ2v) is 3.32. The molecule has 76 valence electrons. The van der Waals surface area contributed by atoms with Gasteiger partial charge in [0.2, 0.25) is 0 Å². The Morgan fingerprint density at radius 1 is 1.62 bits per heavy atom. The Labute approximate surface area is 79.8 Å². The van der Waals surface area contributed by atoms with Crippen LogP contribution in [0.4, 0.5) is 4.79 Å². The molecule has 0 aromatic carbocycles. The van der Waals surface area contributed by atoms with Crippen molar-refractivity contribution >= 4 is 12.2 Å². The number of hydrogen-bond donors (Lipinski definition) is 1. The number of urea groups is 1. The highest BCUT2D eigenvalue weighted by Crippen LogP contribution is 1.96. The van der Waals surface area contributed by atoms with Crippen molar-refractivity contribution in [1.29, 1.82) is 0 Å². The number of hydrazone groups is 1. The Kier molecular flexibility index (Phi) is 5.93. The van der Waals surface area contributed by atoms with Gasteiger partial charge < -0.3 is 5.73 Å². The third-order valence-corrected chi connectivity index (χ3v) is 1.48. The molecule has 0 spiro atoms. The summed E-state index contributed by atoms with van der Waals surface area (Å²) in [5, 5.41) is 5.30. The van der Waals surface area contributed by atoms with Crippen LogP contribution in [0.15, 0.2) is 5.10 Å². The maximum absolute atomic E-state index is 10.9. The summed E-state index contributed by atoms with van der Waals surface area (Å²) in [6.45, 7) is 6.67. The highest BCUT2D eigenvalue weighted by Gasteiger charge is 2.05. The summed E-state index contributed by atoms with van der Waals surface area (Å²) in [4.78, 5) is 10.9. The number of carbonyl (C=O) groups is 1. The van der Waals surface area contributed by atoms with E-state index in [2.05, 4.69) is 12.0 Å². The number of carbonyl (C=O) groups excluding carboxylic acids is 1. The van der Waals surface area contributed by atoms with Crippen LogP contribution in [0.1, 0.15) is 33.6 Å². The van der Waals surface area contributed by atoms with Crippen LogP contribution < -0.4 is 5.73 Å². The lowest BCUT2D eigenvalue weighted by molar-refractivity contribution is 0.209. The Morgan fingerprint density at radius 3 is 2.62 bits per heavy atom. The SMILES string of the molecule is CCCCN(/N=C/C(C)C)C(N)=O. The van der Waals surface area contributed by atoms with E-state index in [1.165, 1.54) is 5.01 Å². The van der Waals surface area contributed by atoms with E-state index < -0.39 is 6.03 Å². The van der Waals surface area contributed by atoms with Gasteiger partial charge >= 0.3 is 6.03 Å². The summed E-state index contributed by atoms with van der Waals surface area (Å²) in [5.74, 6) is 0.337. The standard InChI is InChI=1S/C9H19N3O/c1-4-5-6-12(9(10)13)11-7-8(2)3/h7-8H,4-6H2,1-3H3,(H2,10,13)/b11-7+. The zero-order valence-electron chi connectivity index (χ0n) is 8.66. The van der Waals surface area contributed by atoms with Gasteiger partial charge in [-0.3, -0.25) is 0 Å². The predicted molar refractivity (Wildman–Crippen MR) is 54.5 cm³/mol. The van der Waals surface area contributed by atoms with Crippen molar-refractivity contribution in [2.75, 3.05) is 6.54 Å². The van der Waals surface area contributed by atoms with Gasteiger partial charge in [0, 0.05) is 12.8 Å². The average molecular weight is 185 g/mol. The lowest BCUT2D eigenvalue weighted by Crippen LogP contribution is -2.32. The van der Waals surface area contributed by atoms with Crippen LogP contribution in [0.3, 0.4) is 0 Å². The maximum Gasteiger partial charge on any atom is 0.335 e. The molecular weight excluding hydrogens is 166 g/mol. The first-order valence-electron chi connectivity index (χ1n) is 4.69. The van der Waals surface area contributed by atoms with Crippen LogP contribution in [0, 0.1) is 5.92 Å². The van der Waals surface area contributed by atoms with E-state index in [1.54, 1.807) is 6.21 Å². The van der Waals surface area contributed by atoms with Gasteiger partial charge in [0.1, 0.15) is 0 Å². The third kappa shape index (κ3) is 6.13. The van der Waals surface area contributed by atoms with Gasteiger partial charge in [-0.1, -0.05) is 27.2 Å². The number of amides is 2. The molecule has 0 heterocycles. The molecule has 0 aliphatic heterocycles. The minimum atomic E-state index is -0.481. The monoisotopic (exact) mass is 185 g/mol. The molecular formula is C9H19N3O. The Morgan fingerprint density at radius 2 is 2.23 bits per heavy atom. The quantitative estimate of drug-likeness (QED) is 0.515. The highest BCUT2D eigenvalue weighted by atomic mass is 16.2. The molecule has 0 aromatic rings. The van der Waals surface area contributed by atoms with Crippen LogP contribution in [0.25, 0.3) is 0 Å². The first-order chi connectivity index (χ1) is 6.07. The van der Waals surface area contributed by atoms with E-state index >= 15 is 0 Å². The van der Waals surface area contributed by atoms with Gasteiger partial charge in [0.15, 0.2) is 0 Å². The van der Waals surface area contributed by atoms with Crippen molar-refractivity contribution < 1.29 is 4.79 Å². The number of rotatable bonds is 5. The molecule has 0 rings (SSSR count). The van der Waals surface area contributed by atoms with Crippen LogP contribution in [0.2, 0.25) is 0 Å². The summed E-state index contributed by atoms with van der Waals surface area (Å²) >= 11 is 0. The largest absolute Gasteiger partial charge is 0.350 e. The number of hydrogen-bond acceptors (Lipinski definition) is 2. The first kappa shape index (κ1) is 11.9. The molecule has 2 N–H and O–H groups in total. The molecule has 4 nitrogen and oxygen atoms in total. The van der Waals surface area contributed by atoms with Crippen LogP contribution in [-0.4, -0.2) is 23.8 Å². The Balaban J connectivity index is 4.02. The molecule has 0 aliphatic carbocycles. The van der Waals surface area contributed by atoms with Crippen molar-refractivity contribution in [2.24, 2.45) is 16.8 Å². The van der Waals surface area contributed by atoms with Gasteiger partial charge in [-0.2, -0.15) is 5.10 Å². The van der Waals surface area contributed by atoms with Gasteiger partial charge in [-0.05, 0) is 12.3 Å². The molecule has 0 radical (unpaired) electrons. The molecule has 0 saturated carbocycles. The summed E-state index contributed by atoms with van der Waals surface area (Å²) < 4.78 is 0. The molecule has 13 heavy (non-hydrogen) atoms. The van der Waals surface area contributed by atoms with E-state index in [0.717, 1.165) is 12.8 Å². The molecule has 0 aromatic heterocycles. The highest BCUT2D eigenvalue weighted by molar-refractivity contribution is 5.73. The lowest BCUT2D eigenvalue weighted by atomic mass is 10.3. The van der Waals surface area contributed by atoms with Crippen LogP contribution in [-0.2, 0) is 0 Å². The van der Waals surface area contributed by atoms with Gasteiger partial charge in [0.25, 0.3) is 0 Å².